The lowest BCUT2D eigenvalue weighted by atomic mass is 10.0. The summed E-state index contributed by atoms with van der Waals surface area (Å²) in [7, 11) is 0. The number of benzene rings is 2. The highest BCUT2D eigenvalue weighted by atomic mass is 16.1. The number of aromatic nitrogens is 5. The Kier molecular flexibility index (Phi) is 7.41. The van der Waals surface area contributed by atoms with Gasteiger partial charge in [0.15, 0.2) is 5.82 Å². The van der Waals surface area contributed by atoms with E-state index in [9.17, 15) is 4.79 Å². The van der Waals surface area contributed by atoms with Gasteiger partial charge in [0.2, 0.25) is 0 Å². The van der Waals surface area contributed by atoms with E-state index in [0.29, 0.717) is 13.1 Å². The summed E-state index contributed by atoms with van der Waals surface area (Å²) in [6, 6.07) is 14.8. The maximum absolute atomic E-state index is 13.2. The van der Waals surface area contributed by atoms with E-state index in [2.05, 4.69) is 110 Å². The van der Waals surface area contributed by atoms with E-state index in [-0.39, 0.29) is 17.1 Å². The van der Waals surface area contributed by atoms with Crippen molar-refractivity contribution in [1.29, 1.82) is 0 Å². The van der Waals surface area contributed by atoms with Crippen LogP contribution in [-0.2, 0) is 18.6 Å². The number of tetrazole rings is 1. The van der Waals surface area contributed by atoms with Crippen LogP contribution in [0.25, 0.3) is 10.9 Å². The second-order valence-corrected chi connectivity index (χ2v) is 10.6. The smallest absolute Gasteiger partial charge is 0.252 e. The van der Waals surface area contributed by atoms with Crippen molar-refractivity contribution in [3.05, 3.63) is 86.5 Å². The standard InChI is InChI=1S/C29H38N6O/c1-8-26(27-31-32-33-35(27)29(6,7)9-2)34(17-22-12-10-19(3)11-13-22)18-24-16-23-14-20(4)21(5)15-25(23)30-28(24)36/h10-16,26H,8-9,17-18H2,1-7H3,(H,30,36)/t26-/m0/s1. The quantitative estimate of drug-likeness (QED) is 0.326. The number of hydrogen-bond donors (Lipinski definition) is 1. The number of aromatic amines is 1. The van der Waals surface area contributed by atoms with Crippen molar-refractivity contribution in [3.8, 4) is 0 Å². The van der Waals surface area contributed by atoms with Crippen LogP contribution in [0.15, 0.2) is 47.3 Å². The molecule has 1 atom stereocenters. The van der Waals surface area contributed by atoms with Crippen LogP contribution in [0, 0.1) is 20.8 Å². The minimum absolute atomic E-state index is 0.0528. The normalized spacial score (nSPS) is 13.0. The number of rotatable bonds is 9. The molecule has 4 aromatic rings. The maximum Gasteiger partial charge on any atom is 0.252 e. The molecule has 0 unspecified atom stereocenters. The first-order valence-corrected chi connectivity index (χ1v) is 12.8. The largest absolute Gasteiger partial charge is 0.322 e. The number of H-pyrrole nitrogens is 1. The van der Waals surface area contributed by atoms with E-state index in [0.717, 1.165) is 35.1 Å². The summed E-state index contributed by atoms with van der Waals surface area (Å²) in [4.78, 5) is 18.6. The van der Waals surface area contributed by atoms with Gasteiger partial charge in [-0.05, 0) is 98.2 Å². The average molecular weight is 487 g/mol. The molecule has 0 spiro atoms. The predicted molar refractivity (Wildman–Crippen MR) is 145 cm³/mol. The zero-order valence-corrected chi connectivity index (χ0v) is 22.6. The molecule has 7 heteroatoms. The zero-order valence-electron chi connectivity index (χ0n) is 22.6. The van der Waals surface area contributed by atoms with Crippen molar-refractivity contribution < 1.29 is 0 Å². The Morgan fingerprint density at radius 3 is 2.36 bits per heavy atom. The molecule has 0 aliphatic heterocycles. The fourth-order valence-electron chi connectivity index (χ4n) is 4.65. The summed E-state index contributed by atoms with van der Waals surface area (Å²) in [5, 5.41) is 14.0. The van der Waals surface area contributed by atoms with E-state index >= 15 is 0 Å². The van der Waals surface area contributed by atoms with Crippen molar-refractivity contribution in [2.75, 3.05) is 0 Å². The van der Waals surface area contributed by atoms with Crippen LogP contribution >= 0.6 is 0 Å². The van der Waals surface area contributed by atoms with Crippen LogP contribution in [0.1, 0.15) is 80.2 Å². The van der Waals surface area contributed by atoms with E-state index in [1.165, 1.54) is 22.3 Å². The van der Waals surface area contributed by atoms with Crippen molar-refractivity contribution in [2.45, 2.75) is 86.0 Å². The summed E-state index contributed by atoms with van der Waals surface area (Å²) in [6.45, 7) is 16.0. The third-order valence-electron chi connectivity index (χ3n) is 7.47. The van der Waals surface area contributed by atoms with E-state index in [1.807, 2.05) is 10.7 Å². The summed E-state index contributed by atoms with van der Waals surface area (Å²) in [5.74, 6) is 0.833. The monoisotopic (exact) mass is 486 g/mol. The van der Waals surface area contributed by atoms with Gasteiger partial charge in [-0.2, -0.15) is 0 Å². The number of nitrogens with one attached hydrogen (secondary N) is 1. The molecule has 2 aromatic heterocycles. The topological polar surface area (TPSA) is 79.7 Å². The first kappa shape index (κ1) is 25.8. The van der Waals surface area contributed by atoms with Gasteiger partial charge in [0.05, 0.1) is 11.6 Å². The number of fused-ring (bicyclic) bond motifs is 1. The molecule has 0 amide bonds. The Balaban J connectivity index is 1.78. The minimum atomic E-state index is -0.211. The van der Waals surface area contributed by atoms with Crippen LogP contribution in [0.5, 0.6) is 0 Å². The van der Waals surface area contributed by atoms with Crippen LogP contribution in [0.2, 0.25) is 0 Å². The molecule has 4 rings (SSSR count). The number of hydrogen-bond acceptors (Lipinski definition) is 5. The number of pyridine rings is 1. The lowest BCUT2D eigenvalue weighted by molar-refractivity contribution is 0.150. The predicted octanol–water partition coefficient (Wildman–Crippen LogP) is 5.74. The van der Waals surface area contributed by atoms with Crippen molar-refractivity contribution in [3.63, 3.8) is 0 Å². The van der Waals surface area contributed by atoms with Gasteiger partial charge in [-0.3, -0.25) is 9.69 Å². The molecule has 2 aromatic carbocycles. The highest BCUT2D eigenvalue weighted by Gasteiger charge is 2.31. The van der Waals surface area contributed by atoms with E-state index in [1.54, 1.807) is 0 Å². The van der Waals surface area contributed by atoms with Crippen LogP contribution in [-0.4, -0.2) is 30.1 Å². The number of aryl methyl sites for hydroxylation is 3. The van der Waals surface area contributed by atoms with Crippen molar-refractivity contribution in [1.82, 2.24) is 30.1 Å². The van der Waals surface area contributed by atoms with Gasteiger partial charge in [-0.1, -0.05) is 43.7 Å². The second kappa shape index (κ2) is 10.3. The van der Waals surface area contributed by atoms with E-state index in [4.69, 9.17) is 0 Å². The Morgan fingerprint density at radius 2 is 1.69 bits per heavy atom. The Labute approximate surface area is 213 Å². The molecule has 0 saturated carbocycles. The van der Waals surface area contributed by atoms with Crippen LogP contribution in [0.4, 0.5) is 0 Å². The number of nitrogens with zero attached hydrogens (tertiary/aromatic N) is 5. The molecule has 2 heterocycles. The zero-order chi connectivity index (χ0) is 26.0. The molecule has 0 bridgehead atoms. The Hall–Kier alpha value is -3.32. The van der Waals surface area contributed by atoms with Gasteiger partial charge in [0.1, 0.15) is 0 Å². The van der Waals surface area contributed by atoms with Crippen molar-refractivity contribution >= 4 is 10.9 Å². The van der Waals surface area contributed by atoms with Crippen molar-refractivity contribution in [2.24, 2.45) is 0 Å². The first-order chi connectivity index (χ1) is 17.1. The molecule has 0 aliphatic carbocycles. The highest BCUT2D eigenvalue weighted by molar-refractivity contribution is 5.80. The third kappa shape index (κ3) is 5.26. The average Bonchev–Trinajstić information content (AvgIpc) is 3.33. The van der Waals surface area contributed by atoms with Crippen LogP contribution in [0.3, 0.4) is 0 Å². The SMILES string of the molecule is CC[C@@H](c1nnnn1C(C)(C)CC)N(Cc1ccc(C)cc1)Cc1cc2cc(C)c(C)cc2[nH]c1=O. The Morgan fingerprint density at radius 1 is 1.00 bits per heavy atom. The summed E-state index contributed by atoms with van der Waals surface area (Å²) >= 11 is 0. The molecule has 7 nitrogen and oxygen atoms in total. The molecule has 1 N–H and O–H groups in total. The molecule has 0 fully saturated rings. The molecular weight excluding hydrogens is 448 g/mol. The summed E-state index contributed by atoms with van der Waals surface area (Å²) in [5.41, 5.74) is 6.15. The minimum Gasteiger partial charge on any atom is -0.322 e. The van der Waals surface area contributed by atoms with Crippen LogP contribution < -0.4 is 5.56 Å². The molecule has 0 radical (unpaired) electrons. The van der Waals surface area contributed by atoms with Gasteiger partial charge in [0, 0.05) is 24.2 Å². The Bertz CT molecular complexity index is 1400. The first-order valence-electron chi connectivity index (χ1n) is 12.8. The lowest BCUT2D eigenvalue weighted by Gasteiger charge is -2.33. The van der Waals surface area contributed by atoms with E-state index < -0.39 is 0 Å². The molecule has 0 aliphatic rings. The van der Waals surface area contributed by atoms with Gasteiger partial charge in [-0.25, -0.2) is 4.68 Å². The van der Waals surface area contributed by atoms with Gasteiger partial charge < -0.3 is 4.98 Å². The second-order valence-electron chi connectivity index (χ2n) is 10.6. The molecule has 190 valence electrons. The molecular formula is C29H38N6O. The highest BCUT2D eigenvalue weighted by Crippen LogP contribution is 2.30. The fourth-order valence-corrected chi connectivity index (χ4v) is 4.65. The summed E-state index contributed by atoms with van der Waals surface area (Å²) < 4.78 is 1.96. The lowest BCUT2D eigenvalue weighted by Crippen LogP contribution is -2.36. The molecule has 36 heavy (non-hydrogen) atoms. The van der Waals surface area contributed by atoms with Gasteiger partial charge >= 0.3 is 0 Å². The maximum atomic E-state index is 13.2. The van der Waals surface area contributed by atoms with Gasteiger partial charge in [0.25, 0.3) is 5.56 Å². The van der Waals surface area contributed by atoms with Gasteiger partial charge in [-0.15, -0.1) is 5.10 Å². The molecule has 0 saturated heterocycles. The summed E-state index contributed by atoms with van der Waals surface area (Å²) in [6.07, 6.45) is 1.72. The fraction of sp³-hybridized carbons (Fsp3) is 0.448. The third-order valence-corrected chi connectivity index (χ3v) is 7.47.